The molecule has 0 radical (unpaired) electrons. The highest BCUT2D eigenvalue weighted by Gasteiger charge is 2.27. The van der Waals surface area contributed by atoms with Crippen LogP contribution in [0.4, 0.5) is 0 Å². The number of aliphatic hydroxyl groups is 1. The van der Waals surface area contributed by atoms with Crippen LogP contribution in [0.25, 0.3) is 0 Å². The number of β-amino-alcohol motifs (C(OH)–C–C–N with tert-alkyl or cyclic N) is 1. The predicted octanol–water partition coefficient (Wildman–Crippen LogP) is 2.37. The van der Waals surface area contributed by atoms with E-state index >= 15 is 0 Å². The van der Waals surface area contributed by atoms with Crippen molar-refractivity contribution in [2.75, 3.05) is 39.3 Å². The molecule has 1 saturated carbocycles. The van der Waals surface area contributed by atoms with Crippen LogP contribution in [0.2, 0.25) is 0 Å². The zero-order valence-electron chi connectivity index (χ0n) is 19.2. The van der Waals surface area contributed by atoms with Crippen molar-refractivity contribution in [3.8, 4) is 0 Å². The molecule has 6 nitrogen and oxygen atoms in total. The maximum Gasteiger partial charge on any atom is 0.191 e. The number of fused-ring (bicyclic) bond motifs is 1. The molecule has 0 amide bonds. The average Bonchev–Trinajstić information content (AvgIpc) is 3.33. The van der Waals surface area contributed by atoms with Gasteiger partial charge < -0.3 is 20.6 Å². The molecule has 1 unspecified atom stereocenters. The van der Waals surface area contributed by atoms with Crippen LogP contribution in [-0.2, 0) is 13.0 Å². The summed E-state index contributed by atoms with van der Waals surface area (Å²) in [5.74, 6) is 0.852. The lowest BCUT2D eigenvalue weighted by molar-refractivity contribution is 0.111. The van der Waals surface area contributed by atoms with Crippen LogP contribution in [0, 0.1) is 0 Å². The molecule has 1 aromatic rings. The molecule has 1 saturated heterocycles. The Morgan fingerprint density at radius 1 is 1.10 bits per heavy atom. The number of nitrogens with one attached hydrogen (secondary N) is 2. The van der Waals surface area contributed by atoms with E-state index in [0.717, 1.165) is 38.1 Å². The molecule has 1 aromatic carbocycles. The second-order valence-corrected chi connectivity index (χ2v) is 9.52. The van der Waals surface area contributed by atoms with Gasteiger partial charge in [0.05, 0.1) is 12.6 Å². The third-order valence-corrected chi connectivity index (χ3v) is 7.19. The number of aliphatic imine (C=N–C) groups is 1. The van der Waals surface area contributed by atoms with E-state index in [1.54, 1.807) is 0 Å². The minimum atomic E-state index is -0.440. The van der Waals surface area contributed by atoms with E-state index in [4.69, 9.17) is 4.99 Å². The van der Waals surface area contributed by atoms with E-state index in [1.807, 2.05) is 0 Å². The summed E-state index contributed by atoms with van der Waals surface area (Å²) < 4.78 is 0. The molecule has 6 heteroatoms. The van der Waals surface area contributed by atoms with Crippen LogP contribution >= 0.6 is 0 Å². The van der Waals surface area contributed by atoms with Crippen molar-refractivity contribution >= 4 is 5.96 Å². The van der Waals surface area contributed by atoms with Gasteiger partial charge in [-0.2, -0.15) is 0 Å². The monoisotopic (exact) mass is 427 g/mol. The summed E-state index contributed by atoms with van der Waals surface area (Å²) in [6, 6.07) is 9.96. The van der Waals surface area contributed by atoms with Gasteiger partial charge in [0, 0.05) is 51.4 Å². The summed E-state index contributed by atoms with van der Waals surface area (Å²) >= 11 is 0. The lowest BCUT2D eigenvalue weighted by Crippen LogP contribution is -2.50. The van der Waals surface area contributed by atoms with Crippen LogP contribution in [0.3, 0.4) is 0 Å². The second-order valence-electron chi connectivity index (χ2n) is 9.52. The van der Waals surface area contributed by atoms with Crippen molar-refractivity contribution in [2.24, 2.45) is 4.99 Å². The normalized spacial score (nSPS) is 23.0. The zero-order chi connectivity index (χ0) is 21.5. The number of hydrogen-bond acceptors (Lipinski definition) is 4. The van der Waals surface area contributed by atoms with Crippen molar-refractivity contribution in [2.45, 2.75) is 76.6 Å². The second kappa shape index (κ2) is 11.3. The summed E-state index contributed by atoms with van der Waals surface area (Å²) in [6.07, 6.45) is 8.58. The fraction of sp³-hybridized carbons (Fsp3) is 0.720. The predicted molar refractivity (Wildman–Crippen MR) is 127 cm³/mol. The Morgan fingerprint density at radius 3 is 2.58 bits per heavy atom. The highest BCUT2D eigenvalue weighted by Crippen LogP contribution is 2.26. The molecule has 4 rings (SSSR count). The number of likely N-dealkylation sites (tertiary alicyclic amines) is 1. The van der Waals surface area contributed by atoms with E-state index in [9.17, 15) is 5.11 Å². The van der Waals surface area contributed by atoms with E-state index in [-0.39, 0.29) is 0 Å². The smallest absolute Gasteiger partial charge is 0.191 e. The Hall–Kier alpha value is -1.63. The molecule has 2 heterocycles. The number of piperidine rings is 1. The van der Waals surface area contributed by atoms with Gasteiger partial charge in [-0.05, 0) is 50.2 Å². The zero-order valence-corrected chi connectivity index (χ0v) is 19.2. The van der Waals surface area contributed by atoms with Crippen LogP contribution in [0.1, 0.15) is 56.6 Å². The topological polar surface area (TPSA) is 63.1 Å². The van der Waals surface area contributed by atoms with Crippen molar-refractivity contribution in [1.82, 2.24) is 20.4 Å². The summed E-state index contributed by atoms with van der Waals surface area (Å²) in [6.45, 7) is 8.38. The largest absolute Gasteiger partial charge is 0.390 e. The Labute approximate surface area is 188 Å². The average molecular weight is 428 g/mol. The first-order valence-electron chi connectivity index (χ1n) is 12.5. The minimum absolute atomic E-state index is 0.439. The molecule has 3 N–H and O–H groups in total. The van der Waals surface area contributed by atoms with Crippen LogP contribution in [-0.4, -0.2) is 78.3 Å². The third kappa shape index (κ3) is 6.43. The van der Waals surface area contributed by atoms with E-state index in [1.165, 1.54) is 62.7 Å². The first-order valence-corrected chi connectivity index (χ1v) is 12.5. The maximum absolute atomic E-state index is 10.6. The van der Waals surface area contributed by atoms with Gasteiger partial charge in [-0.25, -0.2) is 0 Å². The standard InChI is InChI=1S/C25H41N5O/c1-2-26-25(28-22-12-15-30(16-13-22)23-9-5-6-10-23)27-17-24(31)19-29-14-11-20-7-3-4-8-21(20)18-29/h3-4,7-8,22-24,31H,2,5-6,9-19H2,1H3,(H2,26,27,28). The Morgan fingerprint density at radius 2 is 1.84 bits per heavy atom. The van der Waals surface area contributed by atoms with Crippen LogP contribution < -0.4 is 10.6 Å². The highest BCUT2D eigenvalue weighted by molar-refractivity contribution is 5.80. The Bertz CT molecular complexity index is 710. The molecule has 172 valence electrons. The highest BCUT2D eigenvalue weighted by atomic mass is 16.3. The first-order chi connectivity index (χ1) is 15.2. The van der Waals surface area contributed by atoms with Crippen LogP contribution in [0.15, 0.2) is 29.3 Å². The molecule has 3 aliphatic rings. The molecule has 1 atom stereocenters. The summed E-state index contributed by atoms with van der Waals surface area (Å²) in [5, 5.41) is 17.6. The van der Waals surface area contributed by atoms with Crippen molar-refractivity contribution < 1.29 is 5.11 Å². The quantitative estimate of drug-likeness (QED) is 0.461. The molecule has 2 fully saturated rings. The fourth-order valence-electron chi connectivity index (χ4n) is 5.45. The number of aliphatic hydroxyl groups excluding tert-OH is 1. The number of hydrogen-bond donors (Lipinski definition) is 3. The summed E-state index contributed by atoms with van der Waals surface area (Å²) in [5.41, 5.74) is 2.84. The van der Waals surface area contributed by atoms with Crippen molar-refractivity contribution in [1.29, 1.82) is 0 Å². The Kier molecular flexibility index (Phi) is 8.22. The van der Waals surface area contributed by atoms with Gasteiger partial charge in [0.15, 0.2) is 5.96 Å². The molecular formula is C25H41N5O. The molecule has 0 bridgehead atoms. The SMILES string of the molecule is CCNC(=NCC(O)CN1CCc2ccccc2C1)NC1CCN(C2CCCC2)CC1. The van der Waals surface area contributed by atoms with E-state index in [2.05, 4.69) is 51.6 Å². The van der Waals surface area contributed by atoms with Gasteiger partial charge in [-0.1, -0.05) is 37.1 Å². The fourth-order valence-corrected chi connectivity index (χ4v) is 5.45. The van der Waals surface area contributed by atoms with Gasteiger partial charge in [-0.3, -0.25) is 9.89 Å². The maximum atomic E-state index is 10.6. The third-order valence-electron chi connectivity index (χ3n) is 7.19. The molecule has 0 spiro atoms. The molecular weight excluding hydrogens is 386 g/mol. The molecule has 2 aliphatic heterocycles. The molecule has 0 aromatic heterocycles. The number of nitrogens with zero attached hydrogens (tertiary/aromatic N) is 3. The Balaban J connectivity index is 1.22. The van der Waals surface area contributed by atoms with Gasteiger partial charge in [0.1, 0.15) is 0 Å². The van der Waals surface area contributed by atoms with Crippen molar-refractivity contribution in [3.63, 3.8) is 0 Å². The van der Waals surface area contributed by atoms with Gasteiger partial charge in [0.2, 0.25) is 0 Å². The summed E-state index contributed by atoms with van der Waals surface area (Å²) in [7, 11) is 0. The number of rotatable bonds is 7. The lowest BCUT2D eigenvalue weighted by Gasteiger charge is -2.36. The lowest BCUT2D eigenvalue weighted by atomic mass is 10.00. The van der Waals surface area contributed by atoms with Crippen molar-refractivity contribution in [3.05, 3.63) is 35.4 Å². The summed E-state index contributed by atoms with van der Waals surface area (Å²) in [4.78, 5) is 9.77. The van der Waals surface area contributed by atoms with Gasteiger partial charge in [0.25, 0.3) is 0 Å². The first kappa shape index (κ1) is 22.6. The van der Waals surface area contributed by atoms with E-state index in [0.29, 0.717) is 19.1 Å². The minimum Gasteiger partial charge on any atom is -0.390 e. The van der Waals surface area contributed by atoms with E-state index < -0.39 is 6.10 Å². The molecule has 1 aliphatic carbocycles. The van der Waals surface area contributed by atoms with Gasteiger partial charge >= 0.3 is 0 Å². The number of benzene rings is 1. The number of guanidine groups is 1. The molecule has 31 heavy (non-hydrogen) atoms. The van der Waals surface area contributed by atoms with Gasteiger partial charge in [-0.15, -0.1) is 0 Å². The van der Waals surface area contributed by atoms with Crippen LogP contribution in [0.5, 0.6) is 0 Å².